The lowest BCUT2D eigenvalue weighted by Gasteiger charge is -2.14. The first kappa shape index (κ1) is 14.6. The van der Waals surface area contributed by atoms with Crippen LogP contribution < -0.4 is 10.1 Å². The highest BCUT2D eigenvalue weighted by atomic mass is 32.1. The fraction of sp³-hybridized carbons (Fsp3) is 0.538. The molecule has 20 heavy (non-hydrogen) atoms. The van der Waals surface area contributed by atoms with Gasteiger partial charge in [-0.15, -0.1) is 11.3 Å². The second kappa shape index (κ2) is 5.70. The second-order valence-electron chi connectivity index (χ2n) is 5.37. The maximum absolute atomic E-state index is 5.08. The molecule has 0 amide bonds. The van der Waals surface area contributed by atoms with Gasteiger partial charge in [0.2, 0.25) is 5.95 Å². The van der Waals surface area contributed by atoms with E-state index in [4.69, 9.17) is 4.74 Å². The van der Waals surface area contributed by atoms with E-state index in [9.17, 15) is 0 Å². The van der Waals surface area contributed by atoms with Crippen LogP contribution in [-0.2, 0) is 11.8 Å². The van der Waals surface area contributed by atoms with Gasteiger partial charge in [-0.25, -0.2) is 4.98 Å². The maximum Gasteiger partial charge on any atom is 0.321 e. The lowest BCUT2D eigenvalue weighted by atomic mass is 9.93. The minimum absolute atomic E-state index is 0.0572. The van der Waals surface area contributed by atoms with E-state index in [1.807, 2.05) is 0 Å². The molecule has 0 radical (unpaired) electrons. The van der Waals surface area contributed by atoms with Crippen molar-refractivity contribution < 1.29 is 4.74 Å². The molecule has 2 aromatic heterocycles. The van der Waals surface area contributed by atoms with Crippen LogP contribution in [0, 0.1) is 0 Å². The van der Waals surface area contributed by atoms with Gasteiger partial charge in [0.25, 0.3) is 0 Å². The first-order chi connectivity index (χ1) is 9.42. The van der Waals surface area contributed by atoms with Crippen molar-refractivity contribution in [2.75, 3.05) is 19.5 Å². The third-order valence-electron chi connectivity index (χ3n) is 2.70. The van der Waals surface area contributed by atoms with Crippen LogP contribution in [0.1, 0.15) is 37.3 Å². The zero-order valence-corrected chi connectivity index (χ0v) is 13.2. The van der Waals surface area contributed by atoms with E-state index < -0.39 is 0 Å². The summed E-state index contributed by atoms with van der Waals surface area (Å²) in [6, 6.07) is 0.312. The van der Waals surface area contributed by atoms with E-state index in [1.54, 1.807) is 25.5 Å². The highest BCUT2D eigenvalue weighted by Gasteiger charge is 2.18. The average Bonchev–Trinajstić information content (AvgIpc) is 2.86. The standard InChI is InChI=1S/C13H19N5OS/c1-13(2,3)8-7-20-10(15-8)6-9-16-11(14-4)18-12(17-9)19-5/h7H,6H2,1-5H3,(H,14,16,17,18). The van der Waals surface area contributed by atoms with Crippen molar-refractivity contribution in [3.8, 4) is 6.01 Å². The molecule has 7 heteroatoms. The summed E-state index contributed by atoms with van der Waals surface area (Å²) in [5, 5.41) is 5.98. The van der Waals surface area contributed by atoms with Gasteiger partial charge in [-0.3, -0.25) is 0 Å². The van der Waals surface area contributed by atoms with Crippen molar-refractivity contribution >= 4 is 17.3 Å². The Labute approximate surface area is 122 Å². The van der Waals surface area contributed by atoms with Gasteiger partial charge in [0.1, 0.15) is 10.8 Å². The zero-order chi connectivity index (χ0) is 14.8. The van der Waals surface area contributed by atoms with Crippen molar-refractivity contribution in [1.82, 2.24) is 19.9 Å². The van der Waals surface area contributed by atoms with Crippen molar-refractivity contribution in [3.63, 3.8) is 0 Å². The molecule has 0 saturated carbocycles. The van der Waals surface area contributed by atoms with Crippen molar-refractivity contribution in [3.05, 3.63) is 21.9 Å². The summed E-state index contributed by atoms with van der Waals surface area (Å²) in [5.41, 5.74) is 1.15. The van der Waals surface area contributed by atoms with Crippen molar-refractivity contribution in [2.45, 2.75) is 32.6 Å². The fourth-order valence-corrected chi connectivity index (χ4v) is 2.57. The Morgan fingerprint density at radius 1 is 1.20 bits per heavy atom. The monoisotopic (exact) mass is 293 g/mol. The van der Waals surface area contributed by atoms with Crippen LogP contribution in [0.5, 0.6) is 6.01 Å². The first-order valence-corrected chi connectivity index (χ1v) is 7.22. The molecule has 2 heterocycles. The minimum Gasteiger partial charge on any atom is -0.467 e. The number of nitrogens with zero attached hydrogens (tertiary/aromatic N) is 4. The molecular weight excluding hydrogens is 274 g/mol. The molecule has 0 unspecified atom stereocenters. The van der Waals surface area contributed by atoms with E-state index in [-0.39, 0.29) is 5.41 Å². The normalized spacial score (nSPS) is 11.4. The third kappa shape index (κ3) is 3.41. The number of hydrogen-bond acceptors (Lipinski definition) is 7. The zero-order valence-electron chi connectivity index (χ0n) is 12.4. The van der Waals surface area contributed by atoms with Gasteiger partial charge in [-0.1, -0.05) is 20.8 Å². The SMILES string of the molecule is CNc1nc(Cc2nc(C(C)(C)C)cs2)nc(OC)n1. The first-order valence-electron chi connectivity index (χ1n) is 6.34. The molecule has 0 bridgehead atoms. The van der Waals surface area contributed by atoms with Crippen LogP contribution in [0.2, 0.25) is 0 Å². The molecule has 0 aliphatic heterocycles. The van der Waals surface area contributed by atoms with E-state index in [0.717, 1.165) is 10.7 Å². The number of methoxy groups -OCH3 is 1. The summed E-state index contributed by atoms with van der Waals surface area (Å²) in [4.78, 5) is 17.3. The summed E-state index contributed by atoms with van der Waals surface area (Å²) in [6.45, 7) is 6.45. The average molecular weight is 293 g/mol. The maximum atomic E-state index is 5.08. The Morgan fingerprint density at radius 2 is 1.95 bits per heavy atom. The fourth-order valence-electron chi connectivity index (χ4n) is 1.55. The van der Waals surface area contributed by atoms with Gasteiger partial charge >= 0.3 is 6.01 Å². The summed E-state index contributed by atoms with van der Waals surface area (Å²) < 4.78 is 5.08. The van der Waals surface area contributed by atoms with Crippen molar-refractivity contribution in [2.24, 2.45) is 0 Å². The van der Waals surface area contributed by atoms with Gasteiger partial charge in [-0.2, -0.15) is 15.0 Å². The number of hydrogen-bond donors (Lipinski definition) is 1. The van der Waals surface area contributed by atoms with Gasteiger partial charge < -0.3 is 10.1 Å². The predicted octanol–water partition coefficient (Wildman–Crippen LogP) is 2.27. The summed E-state index contributed by atoms with van der Waals surface area (Å²) in [5.74, 6) is 1.15. The molecule has 1 N–H and O–H groups in total. The number of ether oxygens (including phenoxy) is 1. The van der Waals surface area contributed by atoms with E-state index in [0.29, 0.717) is 24.2 Å². The van der Waals surface area contributed by atoms with Crippen LogP contribution in [0.15, 0.2) is 5.38 Å². The van der Waals surface area contributed by atoms with Crippen LogP contribution in [-0.4, -0.2) is 34.1 Å². The summed E-state index contributed by atoms with van der Waals surface area (Å²) in [6.07, 6.45) is 0.578. The number of rotatable bonds is 4. The van der Waals surface area contributed by atoms with E-state index in [1.165, 1.54) is 0 Å². The highest BCUT2D eigenvalue weighted by Crippen LogP contribution is 2.24. The minimum atomic E-state index is 0.0572. The predicted molar refractivity (Wildman–Crippen MR) is 79.5 cm³/mol. The molecule has 108 valence electrons. The Morgan fingerprint density at radius 3 is 2.50 bits per heavy atom. The van der Waals surface area contributed by atoms with Crippen LogP contribution in [0.25, 0.3) is 0 Å². The third-order valence-corrected chi connectivity index (χ3v) is 3.55. The number of aromatic nitrogens is 4. The van der Waals surface area contributed by atoms with Gasteiger partial charge in [0, 0.05) is 17.8 Å². The van der Waals surface area contributed by atoms with Crippen LogP contribution in [0.3, 0.4) is 0 Å². The molecule has 0 aliphatic rings. The molecule has 6 nitrogen and oxygen atoms in total. The van der Waals surface area contributed by atoms with E-state index in [2.05, 4.69) is 51.4 Å². The van der Waals surface area contributed by atoms with Crippen molar-refractivity contribution in [1.29, 1.82) is 0 Å². The molecule has 0 atom stereocenters. The quantitative estimate of drug-likeness (QED) is 0.932. The van der Waals surface area contributed by atoms with E-state index >= 15 is 0 Å². The lowest BCUT2D eigenvalue weighted by Crippen LogP contribution is -2.11. The lowest BCUT2D eigenvalue weighted by molar-refractivity contribution is 0.377. The molecular formula is C13H19N5OS. The summed E-state index contributed by atoms with van der Waals surface area (Å²) >= 11 is 1.63. The number of thiazole rings is 1. The van der Waals surface area contributed by atoms with Crippen LogP contribution >= 0.6 is 11.3 Å². The molecule has 0 aliphatic carbocycles. The molecule has 0 fully saturated rings. The van der Waals surface area contributed by atoms with Gasteiger partial charge in [-0.05, 0) is 0 Å². The second-order valence-corrected chi connectivity index (χ2v) is 6.31. The molecule has 0 aromatic carbocycles. The Hall–Kier alpha value is -1.76. The largest absolute Gasteiger partial charge is 0.467 e. The topological polar surface area (TPSA) is 72.8 Å². The Bertz CT molecular complexity index is 568. The smallest absolute Gasteiger partial charge is 0.321 e. The number of anilines is 1. The van der Waals surface area contributed by atoms with Gasteiger partial charge in [0.05, 0.1) is 19.2 Å². The van der Waals surface area contributed by atoms with Crippen LogP contribution in [0.4, 0.5) is 5.95 Å². The Balaban J connectivity index is 2.23. The number of nitrogens with one attached hydrogen (secondary N) is 1. The molecule has 2 rings (SSSR count). The molecule has 0 saturated heterocycles. The van der Waals surface area contributed by atoms with Gasteiger partial charge in [0.15, 0.2) is 0 Å². The molecule has 2 aromatic rings. The Kier molecular flexibility index (Phi) is 4.17. The molecule has 0 spiro atoms. The summed E-state index contributed by atoms with van der Waals surface area (Å²) in [7, 11) is 3.30. The highest BCUT2D eigenvalue weighted by molar-refractivity contribution is 7.09.